The number of piperidine rings is 2. The molecule has 0 aromatic rings. The van der Waals surface area contributed by atoms with Crippen molar-refractivity contribution in [3.8, 4) is 0 Å². The lowest BCUT2D eigenvalue weighted by molar-refractivity contribution is -0.202. The Morgan fingerprint density at radius 1 is 0.698 bits per heavy atom. The molecule has 0 bridgehead atoms. The molecule has 4 N–H and O–H groups in total. The second-order valence-electron chi connectivity index (χ2n) is 21.7. The number of carbonyl (C=O) groups is 2. The molecule has 10 aliphatic rings. The van der Waals surface area contributed by atoms with E-state index in [1.807, 2.05) is 0 Å². The lowest BCUT2D eigenvalue weighted by Gasteiger charge is -2.73. The fourth-order valence-electron chi connectivity index (χ4n) is 17.1. The van der Waals surface area contributed by atoms with Crippen LogP contribution in [0.5, 0.6) is 0 Å². The van der Waals surface area contributed by atoms with Crippen LogP contribution in [0.1, 0.15) is 137 Å². The molecule has 2 saturated heterocycles. The lowest BCUT2D eigenvalue weighted by Crippen LogP contribution is -2.82. The maximum atomic E-state index is 14.5. The Kier molecular flexibility index (Phi) is 8.69. The van der Waals surface area contributed by atoms with Gasteiger partial charge in [0, 0.05) is 42.5 Å². The second-order valence-corrected chi connectivity index (χ2v) is 24.3. The van der Waals surface area contributed by atoms with E-state index in [4.69, 9.17) is 0 Å². The molecule has 296 valence electrons. The highest BCUT2D eigenvalue weighted by molar-refractivity contribution is 7.99. The van der Waals surface area contributed by atoms with Crippen LogP contribution in [0.2, 0.25) is 0 Å². The van der Waals surface area contributed by atoms with Crippen molar-refractivity contribution in [2.24, 2.45) is 63.1 Å². The van der Waals surface area contributed by atoms with Gasteiger partial charge in [-0.05, 0) is 177 Å². The van der Waals surface area contributed by atoms with Crippen molar-refractivity contribution < 1.29 is 14.1 Å². The van der Waals surface area contributed by atoms with Crippen molar-refractivity contribution in [1.29, 1.82) is 0 Å². The van der Waals surface area contributed by atoms with Crippen molar-refractivity contribution in [1.82, 2.24) is 21.3 Å². The molecule has 0 aromatic heterocycles. The minimum atomic E-state index is -1.24. The fourth-order valence-corrected chi connectivity index (χ4v) is 19.1. The molecule has 0 radical (unpaired) electrons. The number of rotatable bonds is 7. The lowest BCUT2D eigenvalue weighted by atomic mass is 9.36. The van der Waals surface area contributed by atoms with Gasteiger partial charge in [-0.3, -0.25) is 9.59 Å². The normalized spacial score (nSPS) is 56.4. The van der Waals surface area contributed by atoms with E-state index >= 15 is 0 Å². The van der Waals surface area contributed by atoms with Crippen molar-refractivity contribution in [3.63, 3.8) is 0 Å². The summed E-state index contributed by atoms with van der Waals surface area (Å²) in [5, 5.41) is 15.1. The molecule has 10 rings (SSSR count). The van der Waals surface area contributed by atoms with Gasteiger partial charge in [0.25, 0.3) is 5.91 Å². The summed E-state index contributed by atoms with van der Waals surface area (Å²) in [6.45, 7) is 10.4. The van der Waals surface area contributed by atoms with Gasteiger partial charge in [0.2, 0.25) is 5.91 Å². The number of thioether (sulfide) groups is 1. The quantitative estimate of drug-likeness (QED) is 0.219. The Labute approximate surface area is 327 Å². The predicted octanol–water partition coefficient (Wildman–Crippen LogP) is 6.56. The van der Waals surface area contributed by atoms with E-state index < -0.39 is 22.0 Å². The smallest absolute Gasteiger partial charge is 0.273 e. The molecule has 8 unspecified atom stereocenters. The van der Waals surface area contributed by atoms with E-state index in [0.717, 1.165) is 37.3 Å². The van der Waals surface area contributed by atoms with Gasteiger partial charge in [0.15, 0.2) is 5.25 Å². The molecule has 7 nitrogen and oxygen atoms in total. The molecule has 8 aliphatic carbocycles. The third kappa shape index (κ3) is 5.09. The molecule has 0 spiro atoms. The average Bonchev–Trinajstić information content (AvgIpc) is 4.05. The first-order chi connectivity index (χ1) is 25.3. The average molecular weight is 767 g/mol. The van der Waals surface area contributed by atoms with Crippen LogP contribution in [-0.4, -0.2) is 75.1 Å². The van der Waals surface area contributed by atoms with Gasteiger partial charge in [-0.1, -0.05) is 27.7 Å². The largest absolute Gasteiger partial charge is 0.616 e. The summed E-state index contributed by atoms with van der Waals surface area (Å²) in [5.74, 6) is 3.95. The first kappa shape index (κ1) is 36.8. The molecule has 2 heterocycles. The van der Waals surface area contributed by atoms with Crippen LogP contribution in [0.4, 0.5) is 0 Å². The first-order valence-corrected chi connectivity index (χ1v) is 25.2. The first-order valence-electron chi connectivity index (χ1n) is 22.3. The van der Waals surface area contributed by atoms with Crippen LogP contribution >= 0.6 is 11.8 Å². The van der Waals surface area contributed by atoms with Crippen molar-refractivity contribution in [2.75, 3.05) is 12.5 Å². The molecule has 53 heavy (non-hydrogen) atoms. The monoisotopic (exact) mass is 766 g/mol. The zero-order valence-electron chi connectivity index (χ0n) is 33.6. The summed E-state index contributed by atoms with van der Waals surface area (Å²) >= 11 is 0.510. The third-order valence-corrected chi connectivity index (χ3v) is 22.1. The van der Waals surface area contributed by atoms with Gasteiger partial charge in [-0.2, -0.15) is 11.8 Å². The zero-order chi connectivity index (χ0) is 36.9. The second kappa shape index (κ2) is 12.5. The number of nitrogens with one attached hydrogen (secondary N) is 4. The molecular weight excluding hydrogens is 697 g/mol. The fraction of sp³-hybridized carbons (Fsp3) is 0.955. The van der Waals surface area contributed by atoms with Crippen LogP contribution < -0.4 is 21.3 Å². The van der Waals surface area contributed by atoms with Gasteiger partial charge in [0.1, 0.15) is 0 Å². The highest BCUT2D eigenvalue weighted by Crippen LogP contribution is 2.73. The summed E-state index contributed by atoms with van der Waals surface area (Å²) in [5.41, 5.74) is -0.164. The topological polar surface area (TPSA) is 105 Å². The van der Waals surface area contributed by atoms with Crippen LogP contribution in [0.3, 0.4) is 0 Å². The highest BCUT2D eigenvalue weighted by atomic mass is 32.2. The molecule has 0 aromatic carbocycles. The number of hydrogen-bond acceptors (Lipinski definition) is 6. The predicted molar refractivity (Wildman–Crippen MR) is 215 cm³/mol. The van der Waals surface area contributed by atoms with Crippen LogP contribution in [0.15, 0.2) is 0 Å². The summed E-state index contributed by atoms with van der Waals surface area (Å²) in [7, 11) is 0. The zero-order valence-corrected chi connectivity index (χ0v) is 35.3. The molecule has 9 heteroatoms. The third-order valence-electron chi connectivity index (χ3n) is 19.9. The Morgan fingerprint density at radius 2 is 1.28 bits per heavy atom. The minimum absolute atomic E-state index is 0.00341. The van der Waals surface area contributed by atoms with E-state index in [-0.39, 0.29) is 39.9 Å². The number of amides is 2. The van der Waals surface area contributed by atoms with Crippen molar-refractivity contribution in [2.45, 2.75) is 183 Å². The number of fused-ring (bicyclic) bond motifs is 10. The Balaban J connectivity index is 1.06. The molecule has 2 amide bonds. The molecule has 10 fully saturated rings. The summed E-state index contributed by atoms with van der Waals surface area (Å²) in [6.07, 6.45) is 24.5. The van der Waals surface area contributed by atoms with Gasteiger partial charge in [-0.25, -0.2) is 0 Å². The molecule has 8 saturated carbocycles. The minimum Gasteiger partial charge on any atom is -0.616 e. The Hall–Kier alpha value is -0.480. The van der Waals surface area contributed by atoms with Gasteiger partial charge in [-0.15, -0.1) is 0 Å². The maximum Gasteiger partial charge on any atom is 0.273 e. The summed E-state index contributed by atoms with van der Waals surface area (Å²) in [6, 6.07) is 2.87. The van der Waals surface area contributed by atoms with Gasteiger partial charge >= 0.3 is 0 Å². The van der Waals surface area contributed by atoms with Gasteiger partial charge < -0.3 is 25.8 Å². The Morgan fingerprint density at radius 3 is 1.85 bits per heavy atom. The van der Waals surface area contributed by atoms with E-state index in [1.54, 1.807) is 18.0 Å². The van der Waals surface area contributed by atoms with E-state index in [9.17, 15) is 14.1 Å². The summed E-state index contributed by atoms with van der Waals surface area (Å²) < 4.78 is 13.5. The van der Waals surface area contributed by atoms with Gasteiger partial charge in [0.05, 0.1) is 17.0 Å². The standard InChI is InChI=1S/C44H70N4O3S2/c1-40-20-18-30-27(29(40)13-16-33(40)45-24-7-8-24)17-22-44(42(30,3)23-32(53(6)51)38(49)48-44)37-36(52-5)39(50)47-35-14-11-26-28-12-15-34(46-25-9-10-25)41(28,2)21-19-31(26)43(35,37)4/h24-37,45-46H,7-23H2,1-6H3,(H,47,50)(H,48,49)/t26-,27-,28-,29-,30+,31+,32?,33?,34?,35?,36?,37?,40-,41-,42+,43+,44?,53?/m0/s1. The number of hydrogen-bond donors (Lipinski definition) is 4. The van der Waals surface area contributed by atoms with Crippen LogP contribution in [0, 0.1) is 63.1 Å². The Bertz CT molecular complexity index is 1510. The highest BCUT2D eigenvalue weighted by Gasteiger charge is 2.75. The number of carbonyl (C=O) groups excluding carboxylic acids is 2. The molecular formula is C44H70N4O3S2. The van der Waals surface area contributed by atoms with E-state index in [1.165, 1.54) is 83.5 Å². The van der Waals surface area contributed by atoms with Crippen molar-refractivity contribution in [3.05, 3.63) is 0 Å². The van der Waals surface area contributed by atoms with E-state index in [2.05, 4.69) is 55.2 Å². The van der Waals surface area contributed by atoms with Crippen LogP contribution in [-0.2, 0) is 20.8 Å². The summed E-state index contributed by atoms with van der Waals surface area (Å²) in [4.78, 5) is 29.1. The SMILES string of the molecule is CSC1C(=O)NC2CC[C@@H]3[C@@H](CC[C@]4(C)C(NC5CC5)CC[C@@H]34)[C@@]2(C)C1C12CC[C@@H]3[C@@H](CC[C@]4(C)C(NC5CC5)CC[C@@H]34)[C@@]1(C)CC([S+](C)[O-])C(=O)N2. The maximum absolute atomic E-state index is 14.5. The molecule has 18 atom stereocenters. The van der Waals surface area contributed by atoms with Crippen molar-refractivity contribution >= 4 is 34.8 Å². The molecule has 2 aliphatic heterocycles. The van der Waals surface area contributed by atoms with E-state index in [0.29, 0.717) is 58.9 Å². The van der Waals surface area contributed by atoms with Crippen LogP contribution in [0.25, 0.3) is 0 Å².